The van der Waals surface area contributed by atoms with E-state index in [1.54, 1.807) is 6.20 Å². The van der Waals surface area contributed by atoms with Crippen molar-refractivity contribution in [1.29, 1.82) is 0 Å². The molecule has 4 rings (SSSR count). The highest BCUT2D eigenvalue weighted by molar-refractivity contribution is 5.59. The Morgan fingerprint density at radius 3 is 2.68 bits per heavy atom. The second kappa shape index (κ2) is 7.13. The maximum absolute atomic E-state index is 5.67. The van der Waals surface area contributed by atoms with E-state index in [2.05, 4.69) is 15.0 Å². The maximum atomic E-state index is 5.67. The van der Waals surface area contributed by atoms with Gasteiger partial charge >= 0.3 is 0 Å². The minimum absolute atomic E-state index is 0.108. The van der Waals surface area contributed by atoms with Crippen molar-refractivity contribution in [3.63, 3.8) is 0 Å². The van der Waals surface area contributed by atoms with Crippen molar-refractivity contribution in [1.82, 2.24) is 20.0 Å². The molecule has 2 aromatic heterocycles. The predicted molar refractivity (Wildman–Crippen MR) is 92.9 cm³/mol. The summed E-state index contributed by atoms with van der Waals surface area (Å²) in [6.45, 7) is 5.10. The van der Waals surface area contributed by atoms with Gasteiger partial charge in [-0.05, 0) is 24.1 Å². The molecule has 0 aliphatic carbocycles. The van der Waals surface area contributed by atoms with Gasteiger partial charge in [-0.3, -0.25) is 9.88 Å². The molecule has 0 amide bonds. The molecule has 0 N–H and O–H groups in total. The van der Waals surface area contributed by atoms with Crippen LogP contribution in [0.1, 0.15) is 23.1 Å². The van der Waals surface area contributed by atoms with Crippen LogP contribution in [-0.2, 0) is 4.74 Å². The molecule has 1 aliphatic rings. The van der Waals surface area contributed by atoms with Crippen molar-refractivity contribution in [2.45, 2.75) is 13.0 Å². The molecule has 1 saturated heterocycles. The molecule has 0 saturated carbocycles. The summed E-state index contributed by atoms with van der Waals surface area (Å²) in [6, 6.07) is 11.9. The second-order valence-corrected chi connectivity index (χ2v) is 6.11. The van der Waals surface area contributed by atoms with Crippen LogP contribution in [0.5, 0.6) is 0 Å². The minimum Gasteiger partial charge on any atom is -0.379 e. The molecule has 1 atom stereocenters. The lowest BCUT2D eigenvalue weighted by molar-refractivity contribution is 0.0180. The lowest BCUT2D eigenvalue weighted by Crippen LogP contribution is -2.39. The lowest BCUT2D eigenvalue weighted by atomic mass is 10.1. The molecule has 6 nitrogen and oxygen atoms in total. The third-order valence-electron chi connectivity index (χ3n) is 4.47. The molecule has 3 heterocycles. The maximum Gasteiger partial charge on any atom is 0.248 e. The van der Waals surface area contributed by atoms with E-state index in [9.17, 15) is 0 Å². The Labute approximate surface area is 146 Å². The Bertz CT molecular complexity index is 828. The molecule has 1 unspecified atom stereocenters. The summed E-state index contributed by atoms with van der Waals surface area (Å²) in [5.74, 6) is 1.21. The Balaban J connectivity index is 1.72. The van der Waals surface area contributed by atoms with E-state index < -0.39 is 0 Å². The number of aryl methyl sites for hydroxylation is 1. The van der Waals surface area contributed by atoms with Crippen LogP contribution < -0.4 is 0 Å². The lowest BCUT2D eigenvalue weighted by Gasteiger charge is -2.32. The summed E-state index contributed by atoms with van der Waals surface area (Å²) in [7, 11) is 0. The van der Waals surface area contributed by atoms with Crippen LogP contribution in [0.15, 0.2) is 53.3 Å². The third-order valence-corrected chi connectivity index (χ3v) is 4.47. The van der Waals surface area contributed by atoms with E-state index >= 15 is 0 Å². The van der Waals surface area contributed by atoms with Crippen molar-refractivity contribution < 1.29 is 9.26 Å². The van der Waals surface area contributed by atoms with Gasteiger partial charge in [0.15, 0.2) is 0 Å². The smallest absolute Gasteiger partial charge is 0.248 e. The first-order chi connectivity index (χ1) is 12.3. The average Bonchev–Trinajstić information content (AvgIpc) is 3.13. The number of hydrogen-bond donors (Lipinski definition) is 0. The monoisotopic (exact) mass is 336 g/mol. The Morgan fingerprint density at radius 1 is 1.08 bits per heavy atom. The van der Waals surface area contributed by atoms with E-state index in [4.69, 9.17) is 14.2 Å². The van der Waals surface area contributed by atoms with E-state index in [0.29, 0.717) is 24.9 Å². The quantitative estimate of drug-likeness (QED) is 0.730. The highest BCUT2D eigenvalue weighted by Gasteiger charge is 2.29. The van der Waals surface area contributed by atoms with Gasteiger partial charge in [-0.2, -0.15) is 4.98 Å². The summed E-state index contributed by atoms with van der Waals surface area (Å²) in [5.41, 5.74) is 3.16. The number of nitrogens with zero attached hydrogens (tertiary/aromatic N) is 4. The van der Waals surface area contributed by atoms with Gasteiger partial charge in [-0.15, -0.1) is 0 Å². The summed E-state index contributed by atoms with van der Waals surface area (Å²) >= 11 is 0. The van der Waals surface area contributed by atoms with Gasteiger partial charge in [0.2, 0.25) is 11.7 Å². The van der Waals surface area contributed by atoms with E-state index in [1.165, 1.54) is 0 Å². The van der Waals surface area contributed by atoms with Crippen LogP contribution >= 0.6 is 0 Å². The molecule has 1 aliphatic heterocycles. The number of aromatic nitrogens is 3. The number of hydrogen-bond acceptors (Lipinski definition) is 6. The zero-order chi connectivity index (χ0) is 17.1. The van der Waals surface area contributed by atoms with Crippen molar-refractivity contribution >= 4 is 0 Å². The molecule has 1 fully saturated rings. The van der Waals surface area contributed by atoms with Crippen LogP contribution in [0.2, 0.25) is 0 Å². The van der Waals surface area contributed by atoms with Gasteiger partial charge in [0.25, 0.3) is 0 Å². The first-order valence-electron chi connectivity index (χ1n) is 8.44. The molecular weight excluding hydrogens is 316 g/mol. The largest absolute Gasteiger partial charge is 0.379 e. The highest BCUT2D eigenvalue weighted by atomic mass is 16.5. The number of benzene rings is 1. The summed E-state index contributed by atoms with van der Waals surface area (Å²) in [6.07, 6.45) is 3.63. The van der Waals surface area contributed by atoms with Gasteiger partial charge < -0.3 is 9.26 Å². The Morgan fingerprint density at radius 2 is 1.92 bits per heavy atom. The molecule has 128 valence electrons. The molecule has 6 heteroatoms. The minimum atomic E-state index is -0.108. The van der Waals surface area contributed by atoms with Gasteiger partial charge in [-0.1, -0.05) is 35.5 Å². The fourth-order valence-electron chi connectivity index (χ4n) is 3.16. The fourth-order valence-corrected chi connectivity index (χ4v) is 3.16. The number of pyridine rings is 1. The van der Waals surface area contributed by atoms with Crippen LogP contribution in [-0.4, -0.2) is 46.3 Å². The highest BCUT2D eigenvalue weighted by Crippen LogP contribution is 2.30. The molecule has 0 bridgehead atoms. The summed E-state index contributed by atoms with van der Waals surface area (Å²) < 4.78 is 11.2. The standard InChI is InChI=1S/C19H20N4O2/c1-14-5-2-3-7-16(14)18-21-19(25-22-18)17(15-6-4-8-20-13-15)23-9-11-24-12-10-23/h2-8,13,17H,9-12H2,1H3. The van der Waals surface area contributed by atoms with Gasteiger partial charge in [0.05, 0.1) is 13.2 Å². The van der Waals surface area contributed by atoms with Gasteiger partial charge in [0.1, 0.15) is 6.04 Å². The average molecular weight is 336 g/mol. The van der Waals surface area contributed by atoms with Gasteiger partial charge in [-0.25, -0.2) is 0 Å². The molecule has 0 spiro atoms. The second-order valence-electron chi connectivity index (χ2n) is 6.11. The van der Waals surface area contributed by atoms with E-state index in [0.717, 1.165) is 29.8 Å². The topological polar surface area (TPSA) is 64.3 Å². The summed E-state index contributed by atoms with van der Waals surface area (Å²) in [5, 5.41) is 4.22. The third kappa shape index (κ3) is 3.31. The van der Waals surface area contributed by atoms with E-state index in [1.807, 2.05) is 49.5 Å². The van der Waals surface area contributed by atoms with Gasteiger partial charge in [0, 0.05) is 31.0 Å². The van der Waals surface area contributed by atoms with Crippen LogP contribution in [0.3, 0.4) is 0 Å². The molecule has 3 aromatic rings. The number of morpholine rings is 1. The normalized spacial score (nSPS) is 16.7. The van der Waals surface area contributed by atoms with Crippen LogP contribution in [0, 0.1) is 6.92 Å². The fraction of sp³-hybridized carbons (Fsp3) is 0.316. The van der Waals surface area contributed by atoms with Crippen LogP contribution in [0.4, 0.5) is 0 Å². The van der Waals surface area contributed by atoms with E-state index in [-0.39, 0.29) is 6.04 Å². The Kier molecular flexibility index (Phi) is 4.54. The molecular formula is C19H20N4O2. The summed E-state index contributed by atoms with van der Waals surface area (Å²) in [4.78, 5) is 11.3. The Hall–Kier alpha value is -2.57. The first-order valence-corrected chi connectivity index (χ1v) is 8.44. The first kappa shape index (κ1) is 15.9. The van der Waals surface area contributed by atoms with Crippen molar-refractivity contribution in [2.75, 3.05) is 26.3 Å². The van der Waals surface area contributed by atoms with Crippen molar-refractivity contribution in [2.24, 2.45) is 0 Å². The van der Waals surface area contributed by atoms with Crippen molar-refractivity contribution in [3.8, 4) is 11.4 Å². The number of rotatable bonds is 4. The van der Waals surface area contributed by atoms with Crippen molar-refractivity contribution in [3.05, 3.63) is 65.8 Å². The molecule has 0 radical (unpaired) electrons. The molecule has 25 heavy (non-hydrogen) atoms. The number of ether oxygens (including phenoxy) is 1. The predicted octanol–water partition coefficient (Wildman–Crippen LogP) is 2.86. The zero-order valence-corrected chi connectivity index (χ0v) is 14.1. The molecule has 1 aromatic carbocycles. The van der Waals surface area contributed by atoms with Crippen LogP contribution in [0.25, 0.3) is 11.4 Å². The zero-order valence-electron chi connectivity index (χ0n) is 14.1. The SMILES string of the molecule is Cc1ccccc1-c1noc(C(c2cccnc2)N2CCOCC2)n1.